The quantitative estimate of drug-likeness (QED) is 0.863. The second-order valence-corrected chi connectivity index (χ2v) is 5.26. The largest absolute Gasteiger partial charge is 0.306 e. The van der Waals surface area contributed by atoms with Crippen LogP contribution in [0.1, 0.15) is 24.1 Å². The fraction of sp³-hybridized carbons (Fsp3) is 0.214. The summed E-state index contributed by atoms with van der Waals surface area (Å²) in [6.45, 7) is 3.06. The minimum absolute atomic E-state index is 0.345. The van der Waals surface area contributed by atoms with E-state index in [0.717, 1.165) is 6.54 Å². The van der Waals surface area contributed by atoms with Crippen molar-refractivity contribution in [3.63, 3.8) is 0 Å². The van der Waals surface area contributed by atoms with E-state index in [1.54, 1.807) is 0 Å². The van der Waals surface area contributed by atoms with E-state index in [2.05, 4.69) is 64.1 Å². The van der Waals surface area contributed by atoms with Crippen molar-refractivity contribution in [1.82, 2.24) is 10.3 Å². The van der Waals surface area contributed by atoms with E-state index in [1.807, 2.05) is 24.5 Å². The maximum absolute atomic E-state index is 4.03. The summed E-state index contributed by atoms with van der Waals surface area (Å²) in [6, 6.07) is 13.0. The van der Waals surface area contributed by atoms with Gasteiger partial charge in [-0.2, -0.15) is 0 Å². The Labute approximate surface area is 116 Å². The van der Waals surface area contributed by atoms with Gasteiger partial charge in [0, 0.05) is 28.6 Å². The average molecular weight is 338 g/mol. The Hall–Kier alpha value is -0.940. The molecular weight excluding hydrogens is 323 g/mol. The van der Waals surface area contributed by atoms with Gasteiger partial charge in [0.15, 0.2) is 0 Å². The van der Waals surface area contributed by atoms with Crippen LogP contribution in [0, 0.1) is 3.57 Å². The lowest BCUT2D eigenvalue weighted by Gasteiger charge is -2.14. The predicted octanol–water partition coefficient (Wildman–Crippen LogP) is 3.54. The Bertz CT molecular complexity index is 453. The number of aromatic nitrogens is 1. The number of nitrogens with zero attached hydrogens (tertiary/aromatic N) is 1. The van der Waals surface area contributed by atoms with Gasteiger partial charge in [-0.05, 0) is 64.9 Å². The minimum Gasteiger partial charge on any atom is -0.306 e. The number of nitrogens with one attached hydrogen (secondary N) is 1. The van der Waals surface area contributed by atoms with Gasteiger partial charge in [-0.3, -0.25) is 4.98 Å². The summed E-state index contributed by atoms with van der Waals surface area (Å²) in [5.74, 6) is 0. The number of hydrogen-bond acceptors (Lipinski definition) is 2. The molecule has 0 saturated heterocycles. The molecule has 17 heavy (non-hydrogen) atoms. The molecule has 0 saturated carbocycles. The van der Waals surface area contributed by atoms with Crippen molar-refractivity contribution in [1.29, 1.82) is 0 Å². The molecule has 0 aliphatic rings. The fourth-order valence-corrected chi connectivity index (χ4v) is 2.00. The van der Waals surface area contributed by atoms with Crippen molar-refractivity contribution in [3.8, 4) is 0 Å². The van der Waals surface area contributed by atoms with Gasteiger partial charge in [-0.15, -0.1) is 0 Å². The van der Waals surface area contributed by atoms with Gasteiger partial charge in [0.25, 0.3) is 0 Å². The fourth-order valence-electron chi connectivity index (χ4n) is 1.64. The van der Waals surface area contributed by atoms with Gasteiger partial charge in [0.2, 0.25) is 0 Å². The van der Waals surface area contributed by atoms with Gasteiger partial charge < -0.3 is 5.32 Å². The zero-order valence-corrected chi connectivity index (χ0v) is 11.9. The maximum atomic E-state index is 4.03. The Morgan fingerprint density at radius 1 is 1.12 bits per heavy atom. The van der Waals surface area contributed by atoms with Crippen LogP contribution in [0.4, 0.5) is 0 Å². The average Bonchev–Trinajstić information content (AvgIpc) is 2.39. The van der Waals surface area contributed by atoms with Crippen LogP contribution >= 0.6 is 22.6 Å². The molecule has 0 spiro atoms. The molecule has 2 aromatic rings. The Morgan fingerprint density at radius 2 is 1.76 bits per heavy atom. The highest BCUT2D eigenvalue weighted by atomic mass is 127. The van der Waals surface area contributed by atoms with Crippen molar-refractivity contribution >= 4 is 22.6 Å². The summed E-state index contributed by atoms with van der Waals surface area (Å²) in [5, 5.41) is 3.50. The van der Waals surface area contributed by atoms with Crippen LogP contribution in [0.2, 0.25) is 0 Å². The molecular formula is C14H15IN2. The molecule has 0 aliphatic carbocycles. The smallest absolute Gasteiger partial charge is 0.0296 e. The van der Waals surface area contributed by atoms with E-state index in [9.17, 15) is 0 Å². The van der Waals surface area contributed by atoms with E-state index in [1.165, 1.54) is 14.7 Å². The van der Waals surface area contributed by atoms with Crippen molar-refractivity contribution in [2.24, 2.45) is 0 Å². The van der Waals surface area contributed by atoms with Crippen LogP contribution in [0.5, 0.6) is 0 Å². The van der Waals surface area contributed by atoms with Gasteiger partial charge in [0.1, 0.15) is 0 Å². The molecule has 1 aromatic heterocycles. The van der Waals surface area contributed by atoms with Crippen molar-refractivity contribution in [2.45, 2.75) is 19.5 Å². The molecule has 0 bridgehead atoms. The summed E-state index contributed by atoms with van der Waals surface area (Å²) >= 11 is 2.32. The summed E-state index contributed by atoms with van der Waals surface area (Å²) in [6.07, 6.45) is 3.66. The van der Waals surface area contributed by atoms with Crippen molar-refractivity contribution < 1.29 is 0 Å². The molecule has 0 amide bonds. The Balaban J connectivity index is 1.92. The molecule has 0 radical (unpaired) electrons. The topological polar surface area (TPSA) is 24.9 Å². The van der Waals surface area contributed by atoms with Crippen LogP contribution in [0.25, 0.3) is 0 Å². The third-order valence-corrected chi connectivity index (χ3v) is 3.45. The molecule has 2 rings (SSSR count). The summed E-state index contributed by atoms with van der Waals surface area (Å²) in [5.41, 5.74) is 2.58. The monoisotopic (exact) mass is 338 g/mol. The van der Waals surface area contributed by atoms with E-state index >= 15 is 0 Å². The molecule has 1 N–H and O–H groups in total. The minimum atomic E-state index is 0.345. The van der Waals surface area contributed by atoms with Gasteiger partial charge in [0.05, 0.1) is 0 Å². The molecule has 3 heteroatoms. The van der Waals surface area contributed by atoms with Crippen LogP contribution < -0.4 is 5.32 Å². The molecule has 1 unspecified atom stereocenters. The second-order valence-electron chi connectivity index (χ2n) is 4.01. The molecule has 1 aromatic carbocycles. The van der Waals surface area contributed by atoms with Gasteiger partial charge in [-0.25, -0.2) is 0 Å². The molecule has 1 atom stereocenters. The third kappa shape index (κ3) is 3.78. The number of pyridine rings is 1. The first kappa shape index (κ1) is 12.5. The molecule has 2 nitrogen and oxygen atoms in total. The Morgan fingerprint density at radius 3 is 2.41 bits per heavy atom. The molecule has 0 fully saturated rings. The van der Waals surface area contributed by atoms with Crippen LogP contribution in [-0.2, 0) is 6.54 Å². The van der Waals surface area contributed by atoms with Crippen molar-refractivity contribution in [3.05, 3.63) is 63.5 Å². The highest BCUT2D eigenvalue weighted by molar-refractivity contribution is 14.1. The standard InChI is InChI=1S/C14H15IN2/c1-11(13-6-8-16-9-7-13)17-10-12-2-4-14(15)5-3-12/h2-9,11,17H,10H2,1H3. The van der Waals surface area contributed by atoms with Crippen LogP contribution in [0.3, 0.4) is 0 Å². The van der Waals surface area contributed by atoms with Gasteiger partial charge in [-0.1, -0.05) is 12.1 Å². The number of hydrogen-bond donors (Lipinski definition) is 1. The number of rotatable bonds is 4. The second kappa shape index (κ2) is 6.12. The highest BCUT2D eigenvalue weighted by Crippen LogP contribution is 2.12. The lowest BCUT2D eigenvalue weighted by atomic mass is 10.1. The highest BCUT2D eigenvalue weighted by Gasteiger charge is 2.03. The number of benzene rings is 1. The zero-order valence-electron chi connectivity index (χ0n) is 9.73. The van der Waals surface area contributed by atoms with Gasteiger partial charge >= 0.3 is 0 Å². The van der Waals surface area contributed by atoms with E-state index in [-0.39, 0.29) is 0 Å². The first-order chi connectivity index (χ1) is 8.25. The lowest BCUT2D eigenvalue weighted by Crippen LogP contribution is -2.17. The van der Waals surface area contributed by atoms with E-state index < -0.39 is 0 Å². The summed E-state index contributed by atoms with van der Waals surface area (Å²) in [7, 11) is 0. The third-order valence-electron chi connectivity index (χ3n) is 2.73. The molecule has 88 valence electrons. The summed E-state index contributed by atoms with van der Waals surface area (Å²) < 4.78 is 1.27. The first-order valence-corrected chi connectivity index (χ1v) is 6.71. The lowest BCUT2D eigenvalue weighted by molar-refractivity contribution is 0.574. The van der Waals surface area contributed by atoms with Crippen molar-refractivity contribution in [2.75, 3.05) is 0 Å². The maximum Gasteiger partial charge on any atom is 0.0296 e. The Kier molecular flexibility index (Phi) is 4.50. The number of halogens is 1. The van der Waals surface area contributed by atoms with E-state index in [0.29, 0.717) is 6.04 Å². The first-order valence-electron chi connectivity index (χ1n) is 5.63. The SMILES string of the molecule is CC(NCc1ccc(I)cc1)c1ccncc1. The van der Waals surface area contributed by atoms with Crippen LogP contribution in [-0.4, -0.2) is 4.98 Å². The van der Waals surface area contributed by atoms with Crippen LogP contribution in [0.15, 0.2) is 48.8 Å². The summed E-state index contributed by atoms with van der Waals surface area (Å²) in [4.78, 5) is 4.03. The predicted molar refractivity (Wildman–Crippen MR) is 78.7 cm³/mol. The molecule has 0 aliphatic heterocycles. The normalized spacial score (nSPS) is 12.4. The molecule has 1 heterocycles. The zero-order chi connectivity index (χ0) is 12.1. The van der Waals surface area contributed by atoms with E-state index in [4.69, 9.17) is 0 Å².